The fraction of sp³-hybridized carbons (Fsp3) is 0.0526. The molecule has 6 aromatic rings. The van der Waals surface area contributed by atoms with Crippen molar-refractivity contribution in [2.24, 2.45) is 0 Å². The van der Waals surface area contributed by atoms with Crippen molar-refractivity contribution in [3.8, 4) is 45.2 Å². The van der Waals surface area contributed by atoms with Crippen molar-refractivity contribution in [1.29, 1.82) is 0 Å². The first kappa shape index (κ1) is 29.7. The van der Waals surface area contributed by atoms with E-state index in [1.54, 1.807) is 25.1 Å². The molecule has 0 saturated carbocycles. The summed E-state index contributed by atoms with van der Waals surface area (Å²) in [7, 11) is 0. The standard InChI is InChI=1S/C38H21F7/c1-20-3-6-23(7-4-20)24-8-11-29(32(40)16-24)25-9-12-30(33(41)17-25)26-13-21(2)28(31(39)18-26)10-5-22-14-27-19-35(43)37(44)38(45)36(27)34(42)15-22/h3-4,6-9,11-19H,1-2H3. The number of hydrogen-bond acceptors (Lipinski definition) is 0. The van der Waals surface area contributed by atoms with Crippen LogP contribution in [0.1, 0.15) is 22.3 Å². The van der Waals surface area contributed by atoms with Gasteiger partial charge in [-0.15, -0.1) is 0 Å². The zero-order valence-corrected chi connectivity index (χ0v) is 23.8. The Balaban J connectivity index is 1.29. The summed E-state index contributed by atoms with van der Waals surface area (Å²) in [6.07, 6.45) is 0. The molecule has 0 N–H and O–H groups in total. The second-order valence-corrected chi connectivity index (χ2v) is 10.7. The van der Waals surface area contributed by atoms with Crippen molar-refractivity contribution in [2.45, 2.75) is 13.8 Å². The lowest BCUT2D eigenvalue weighted by molar-refractivity contribution is 0.451. The molecule has 222 valence electrons. The smallest absolute Gasteiger partial charge is 0.195 e. The molecule has 7 heteroatoms. The van der Waals surface area contributed by atoms with Gasteiger partial charge in [0.1, 0.15) is 23.3 Å². The summed E-state index contributed by atoms with van der Waals surface area (Å²) < 4.78 is 101. The van der Waals surface area contributed by atoms with Gasteiger partial charge in [0, 0.05) is 16.7 Å². The zero-order valence-electron chi connectivity index (χ0n) is 23.8. The zero-order chi connectivity index (χ0) is 32.0. The Kier molecular flexibility index (Phi) is 7.68. The molecule has 6 aromatic carbocycles. The first-order valence-corrected chi connectivity index (χ1v) is 13.8. The molecular weight excluding hydrogens is 589 g/mol. The summed E-state index contributed by atoms with van der Waals surface area (Å²) >= 11 is 0. The van der Waals surface area contributed by atoms with E-state index in [1.807, 2.05) is 31.2 Å². The SMILES string of the molecule is Cc1ccc(-c2ccc(-c3ccc(-c4cc(C)c(C#Cc5cc(F)c6c(F)c(F)c(F)cc6c5)c(F)c4)c(F)c3)c(F)c2)cc1. The fourth-order valence-corrected chi connectivity index (χ4v) is 5.24. The quantitative estimate of drug-likeness (QED) is 0.106. The van der Waals surface area contributed by atoms with Crippen LogP contribution < -0.4 is 0 Å². The summed E-state index contributed by atoms with van der Waals surface area (Å²) in [4.78, 5) is 0. The summed E-state index contributed by atoms with van der Waals surface area (Å²) in [5.74, 6) is -2.89. The topological polar surface area (TPSA) is 0 Å². The molecule has 0 unspecified atom stereocenters. The maximum Gasteiger partial charge on any atom is 0.195 e. The van der Waals surface area contributed by atoms with Crippen molar-refractivity contribution >= 4 is 10.8 Å². The van der Waals surface area contributed by atoms with Crippen LogP contribution in [0.5, 0.6) is 0 Å². The third kappa shape index (κ3) is 5.67. The van der Waals surface area contributed by atoms with Crippen LogP contribution in [-0.2, 0) is 0 Å². The van der Waals surface area contributed by atoms with E-state index >= 15 is 13.2 Å². The highest BCUT2D eigenvalue weighted by molar-refractivity contribution is 5.85. The summed E-state index contributed by atoms with van der Waals surface area (Å²) in [6.45, 7) is 3.52. The van der Waals surface area contributed by atoms with Crippen LogP contribution in [0.15, 0.2) is 91.0 Å². The number of hydrogen-bond donors (Lipinski definition) is 0. The van der Waals surface area contributed by atoms with Crippen LogP contribution in [0.4, 0.5) is 30.7 Å². The van der Waals surface area contributed by atoms with Crippen LogP contribution in [-0.4, -0.2) is 0 Å². The van der Waals surface area contributed by atoms with E-state index in [-0.39, 0.29) is 33.2 Å². The second kappa shape index (κ2) is 11.6. The maximum atomic E-state index is 15.3. The van der Waals surface area contributed by atoms with Gasteiger partial charge in [0.05, 0.1) is 10.9 Å². The van der Waals surface area contributed by atoms with Crippen molar-refractivity contribution in [2.75, 3.05) is 0 Å². The first-order chi connectivity index (χ1) is 21.5. The van der Waals surface area contributed by atoms with E-state index in [4.69, 9.17) is 0 Å². The molecule has 0 aromatic heterocycles. The molecule has 0 aliphatic rings. The molecule has 0 radical (unpaired) electrons. The Morgan fingerprint density at radius 1 is 0.444 bits per heavy atom. The molecule has 0 atom stereocenters. The fourth-order valence-electron chi connectivity index (χ4n) is 5.24. The monoisotopic (exact) mass is 610 g/mol. The minimum Gasteiger partial charge on any atom is -0.206 e. The summed E-state index contributed by atoms with van der Waals surface area (Å²) in [5.41, 5.74) is 3.73. The average Bonchev–Trinajstić information content (AvgIpc) is 2.99. The van der Waals surface area contributed by atoms with E-state index in [0.29, 0.717) is 22.8 Å². The lowest BCUT2D eigenvalue weighted by atomic mass is 9.95. The molecule has 45 heavy (non-hydrogen) atoms. The highest BCUT2D eigenvalue weighted by Gasteiger charge is 2.18. The molecule has 0 aliphatic carbocycles. The Morgan fingerprint density at radius 3 is 1.71 bits per heavy atom. The third-order valence-electron chi connectivity index (χ3n) is 7.59. The predicted molar refractivity (Wildman–Crippen MR) is 162 cm³/mol. The van der Waals surface area contributed by atoms with Gasteiger partial charge in [-0.2, -0.15) is 0 Å². The largest absolute Gasteiger partial charge is 0.206 e. The lowest BCUT2D eigenvalue weighted by Gasteiger charge is -2.11. The molecule has 0 fully saturated rings. The summed E-state index contributed by atoms with van der Waals surface area (Å²) in [5, 5.41) is -0.967. The number of rotatable bonds is 3. The second-order valence-electron chi connectivity index (χ2n) is 10.7. The van der Waals surface area contributed by atoms with Crippen molar-refractivity contribution in [3.63, 3.8) is 0 Å². The van der Waals surface area contributed by atoms with Gasteiger partial charge in [0.2, 0.25) is 0 Å². The molecule has 0 bridgehead atoms. The molecular formula is C38H21F7. The Morgan fingerprint density at radius 2 is 1.04 bits per heavy atom. The van der Waals surface area contributed by atoms with Gasteiger partial charge in [0.15, 0.2) is 17.5 Å². The average molecular weight is 611 g/mol. The minimum atomic E-state index is -1.79. The van der Waals surface area contributed by atoms with E-state index in [1.165, 1.54) is 24.3 Å². The van der Waals surface area contributed by atoms with Crippen LogP contribution in [0.3, 0.4) is 0 Å². The Labute approximate surface area is 254 Å². The van der Waals surface area contributed by atoms with Crippen LogP contribution in [0.2, 0.25) is 0 Å². The van der Waals surface area contributed by atoms with E-state index in [2.05, 4.69) is 11.8 Å². The van der Waals surface area contributed by atoms with Gasteiger partial charge >= 0.3 is 0 Å². The van der Waals surface area contributed by atoms with Crippen LogP contribution >= 0.6 is 0 Å². The molecule has 6 rings (SSSR count). The van der Waals surface area contributed by atoms with E-state index in [9.17, 15) is 17.6 Å². The van der Waals surface area contributed by atoms with Gasteiger partial charge in [-0.05, 0) is 89.5 Å². The van der Waals surface area contributed by atoms with Gasteiger partial charge in [-0.1, -0.05) is 65.9 Å². The van der Waals surface area contributed by atoms with E-state index < -0.39 is 46.1 Å². The molecule has 0 nitrogen and oxygen atoms in total. The number of aryl methyl sites for hydroxylation is 2. The predicted octanol–water partition coefficient (Wildman–Crippen LogP) is 10.8. The van der Waals surface area contributed by atoms with E-state index in [0.717, 1.165) is 29.3 Å². The summed E-state index contributed by atoms with van der Waals surface area (Å²) in [6, 6.07) is 21.9. The van der Waals surface area contributed by atoms with Crippen LogP contribution in [0.25, 0.3) is 44.2 Å². The number of benzene rings is 6. The van der Waals surface area contributed by atoms with Crippen LogP contribution in [0, 0.1) is 66.4 Å². The minimum absolute atomic E-state index is 0.0194. The number of fused-ring (bicyclic) bond motifs is 1. The van der Waals surface area contributed by atoms with Gasteiger partial charge in [-0.25, -0.2) is 30.7 Å². The highest BCUT2D eigenvalue weighted by Crippen LogP contribution is 2.33. The maximum absolute atomic E-state index is 15.3. The highest BCUT2D eigenvalue weighted by atomic mass is 19.2. The normalized spacial score (nSPS) is 11.0. The van der Waals surface area contributed by atoms with Crippen molar-refractivity contribution in [3.05, 3.63) is 154 Å². The Bertz CT molecular complexity index is 2180. The third-order valence-corrected chi connectivity index (χ3v) is 7.59. The van der Waals surface area contributed by atoms with Gasteiger partial charge in [0.25, 0.3) is 0 Å². The molecule has 0 aliphatic heterocycles. The first-order valence-electron chi connectivity index (χ1n) is 13.8. The number of halogens is 7. The molecule has 0 saturated heterocycles. The van der Waals surface area contributed by atoms with Gasteiger partial charge < -0.3 is 0 Å². The van der Waals surface area contributed by atoms with Gasteiger partial charge in [-0.3, -0.25) is 0 Å². The Hall–Kier alpha value is -5.35. The lowest BCUT2D eigenvalue weighted by Crippen LogP contribution is -1.96. The molecule has 0 heterocycles. The molecule has 0 spiro atoms. The molecule has 0 amide bonds. The van der Waals surface area contributed by atoms with Crippen molar-refractivity contribution in [1.82, 2.24) is 0 Å². The van der Waals surface area contributed by atoms with Crippen molar-refractivity contribution < 1.29 is 30.7 Å².